The molecule has 0 unspecified atom stereocenters. The van der Waals surface area contributed by atoms with Gasteiger partial charge in [0, 0.05) is 30.9 Å². The van der Waals surface area contributed by atoms with Gasteiger partial charge in [-0.2, -0.15) is 0 Å². The first-order chi connectivity index (χ1) is 14.4. The fraction of sp³-hybridized carbons (Fsp3) is 0.292. The third-order valence-corrected chi connectivity index (χ3v) is 5.63. The van der Waals surface area contributed by atoms with E-state index >= 15 is 0 Å². The van der Waals surface area contributed by atoms with Gasteiger partial charge in [-0.05, 0) is 61.6 Å². The topological polar surface area (TPSA) is 78.5 Å². The van der Waals surface area contributed by atoms with Crippen LogP contribution in [0.25, 0.3) is 0 Å². The van der Waals surface area contributed by atoms with Crippen LogP contribution >= 0.6 is 0 Å². The molecule has 30 heavy (non-hydrogen) atoms. The van der Waals surface area contributed by atoms with E-state index in [1.165, 1.54) is 0 Å². The average Bonchev–Trinajstić information content (AvgIpc) is 3.27. The first-order valence-electron chi connectivity index (χ1n) is 10.2. The molecule has 1 saturated heterocycles. The molecule has 0 saturated carbocycles. The second-order valence-corrected chi connectivity index (χ2v) is 7.90. The number of hydrogen-bond donors (Lipinski definition) is 2. The van der Waals surface area contributed by atoms with Gasteiger partial charge in [-0.15, -0.1) is 0 Å². The fourth-order valence-electron chi connectivity index (χ4n) is 3.82. The van der Waals surface area contributed by atoms with Gasteiger partial charge in [0.1, 0.15) is 11.4 Å². The fourth-order valence-corrected chi connectivity index (χ4v) is 3.82. The molecule has 3 aromatic rings. The molecular formula is C24H25N3O3. The van der Waals surface area contributed by atoms with Crippen molar-refractivity contribution in [3.8, 4) is 0 Å². The minimum atomic E-state index is -0.443. The maximum Gasteiger partial charge on any atom is 0.255 e. The molecule has 6 heteroatoms. The Morgan fingerprint density at radius 3 is 2.37 bits per heavy atom. The first-order valence-corrected chi connectivity index (χ1v) is 10.2. The molecule has 1 aliphatic rings. The Balaban J connectivity index is 1.40. The van der Waals surface area contributed by atoms with E-state index in [-0.39, 0.29) is 5.91 Å². The lowest BCUT2D eigenvalue weighted by Gasteiger charge is -2.22. The number of rotatable bonds is 6. The smallest absolute Gasteiger partial charge is 0.255 e. The summed E-state index contributed by atoms with van der Waals surface area (Å²) >= 11 is 0. The van der Waals surface area contributed by atoms with Gasteiger partial charge in [0.15, 0.2) is 0 Å². The molecule has 1 amide bonds. The molecule has 0 aliphatic carbocycles. The van der Waals surface area contributed by atoms with Gasteiger partial charge in [-0.3, -0.25) is 14.4 Å². The van der Waals surface area contributed by atoms with Crippen LogP contribution in [0, 0.1) is 13.8 Å². The van der Waals surface area contributed by atoms with E-state index in [1.54, 1.807) is 12.1 Å². The Morgan fingerprint density at radius 1 is 0.967 bits per heavy atom. The Hall–Kier alpha value is -3.41. The lowest BCUT2D eigenvalue weighted by atomic mass is 10.1. The minimum absolute atomic E-state index is 0.165. The van der Waals surface area contributed by atoms with Crippen LogP contribution in [0.3, 0.4) is 0 Å². The van der Waals surface area contributed by atoms with E-state index in [0.29, 0.717) is 23.5 Å². The van der Waals surface area contributed by atoms with Gasteiger partial charge in [0.25, 0.3) is 16.8 Å². The van der Waals surface area contributed by atoms with Crippen LogP contribution in [0.5, 0.6) is 0 Å². The summed E-state index contributed by atoms with van der Waals surface area (Å²) in [4.78, 5) is 38.5. The van der Waals surface area contributed by atoms with Gasteiger partial charge in [-0.25, -0.2) is 0 Å². The van der Waals surface area contributed by atoms with E-state index in [4.69, 9.17) is 0 Å². The zero-order valence-electron chi connectivity index (χ0n) is 17.2. The maximum atomic E-state index is 12.6. The molecule has 0 aromatic heterocycles. The molecule has 0 bridgehead atoms. The van der Waals surface area contributed by atoms with Crippen molar-refractivity contribution in [3.05, 3.63) is 85.2 Å². The van der Waals surface area contributed by atoms with Crippen molar-refractivity contribution >= 4 is 23.0 Å². The lowest BCUT2D eigenvalue weighted by Crippen LogP contribution is -2.41. The number of hydrogen-bond acceptors (Lipinski definition) is 5. The van der Waals surface area contributed by atoms with E-state index in [0.717, 1.165) is 48.3 Å². The second-order valence-electron chi connectivity index (χ2n) is 7.90. The molecule has 6 nitrogen and oxygen atoms in total. The number of amides is 1. The third-order valence-electron chi connectivity index (χ3n) is 5.63. The number of nitrogens with one attached hydrogen (secondary N) is 2. The highest BCUT2D eigenvalue weighted by Gasteiger charge is 2.27. The molecule has 154 valence electrons. The van der Waals surface area contributed by atoms with Crippen LogP contribution in [0.15, 0.2) is 52.1 Å². The average molecular weight is 403 g/mol. The summed E-state index contributed by atoms with van der Waals surface area (Å²) in [5, 5.41) is 6.07. The standard InChI is InChI=1S/C24H25N3O3/c1-15-5-6-16(2)19(13-15)26-24(30)18-9-7-17(8-10-18)14-25-20-21(23(29)22(20)28)27-11-3-4-12-27/h5-10,13,25H,3-4,11-12,14H2,1-2H3,(H,26,30). The Kier molecular flexibility index (Phi) is 5.40. The summed E-state index contributed by atoms with van der Waals surface area (Å²) in [5.74, 6) is -0.165. The molecular weight excluding hydrogens is 378 g/mol. The predicted octanol–water partition coefficient (Wildman–Crippen LogP) is 3.36. The van der Waals surface area contributed by atoms with Crippen LogP contribution in [0.1, 0.15) is 39.9 Å². The quantitative estimate of drug-likeness (QED) is 0.617. The van der Waals surface area contributed by atoms with Gasteiger partial charge >= 0.3 is 0 Å². The first kappa shape index (κ1) is 19.9. The van der Waals surface area contributed by atoms with Crippen molar-refractivity contribution in [2.75, 3.05) is 28.6 Å². The van der Waals surface area contributed by atoms with Crippen molar-refractivity contribution in [2.24, 2.45) is 0 Å². The number of carbonyl (C=O) groups excluding carboxylic acids is 1. The minimum Gasteiger partial charge on any atom is -0.376 e. The summed E-state index contributed by atoms with van der Waals surface area (Å²) < 4.78 is 0. The predicted molar refractivity (Wildman–Crippen MR) is 120 cm³/mol. The Morgan fingerprint density at radius 2 is 1.67 bits per heavy atom. The molecule has 0 atom stereocenters. The highest BCUT2D eigenvalue weighted by atomic mass is 16.2. The molecule has 2 N–H and O–H groups in total. The van der Waals surface area contributed by atoms with E-state index in [1.807, 2.05) is 49.1 Å². The second kappa shape index (κ2) is 8.14. The maximum absolute atomic E-state index is 12.6. The van der Waals surface area contributed by atoms with Crippen molar-refractivity contribution in [2.45, 2.75) is 33.2 Å². The monoisotopic (exact) mass is 403 g/mol. The Labute approximate surface area is 175 Å². The van der Waals surface area contributed by atoms with Crippen molar-refractivity contribution < 1.29 is 4.79 Å². The van der Waals surface area contributed by atoms with Gasteiger partial charge in [-0.1, -0.05) is 24.3 Å². The molecule has 3 aromatic carbocycles. The van der Waals surface area contributed by atoms with Crippen molar-refractivity contribution in [3.63, 3.8) is 0 Å². The normalized spacial score (nSPS) is 13.6. The summed E-state index contributed by atoms with van der Waals surface area (Å²) in [7, 11) is 0. The SMILES string of the molecule is Cc1ccc(C)c(NC(=O)c2ccc(CNc3c(N4CCCC4)c(=O)c3=O)cc2)c1. The van der Waals surface area contributed by atoms with Gasteiger partial charge in [0.05, 0.1) is 0 Å². The molecule has 1 heterocycles. The highest BCUT2D eigenvalue weighted by Crippen LogP contribution is 2.25. The van der Waals surface area contributed by atoms with Gasteiger partial charge < -0.3 is 15.5 Å². The van der Waals surface area contributed by atoms with Crippen LogP contribution in [0.2, 0.25) is 0 Å². The summed E-state index contributed by atoms with van der Waals surface area (Å²) in [6.07, 6.45) is 2.09. The lowest BCUT2D eigenvalue weighted by molar-refractivity contribution is 0.102. The highest BCUT2D eigenvalue weighted by molar-refractivity contribution is 6.04. The number of carbonyl (C=O) groups is 1. The molecule has 0 radical (unpaired) electrons. The molecule has 4 rings (SSSR count). The number of nitrogens with zero attached hydrogens (tertiary/aromatic N) is 1. The molecule has 1 aliphatic heterocycles. The van der Waals surface area contributed by atoms with E-state index < -0.39 is 10.9 Å². The summed E-state index contributed by atoms with van der Waals surface area (Å²) in [6.45, 7) is 6.02. The van der Waals surface area contributed by atoms with Crippen molar-refractivity contribution in [1.29, 1.82) is 0 Å². The van der Waals surface area contributed by atoms with Crippen LogP contribution in [0.4, 0.5) is 17.1 Å². The number of anilines is 3. The number of aryl methyl sites for hydroxylation is 2. The van der Waals surface area contributed by atoms with Crippen molar-refractivity contribution in [1.82, 2.24) is 0 Å². The Bertz CT molecular complexity index is 1150. The largest absolute Gasteiger partial charge is 0.376 e. The third kappa shape index (κ3) is 3.85. The number of benzene rings is 2. The van der Waals surface area contributed by atoms with Crippen LogP contribution < -0.4 is 26.4 Å². The van der Waals surface area contributed by atoms with E-state index in [9.17, 15) is 14.4 Å². The summed E-state index contributed by atoms with van der Waals surface area (Å²) in [6, 6.07) is 13.2. The zero-order chi connectivity index (χ0) is 21.3. The van der Waals surface area contributed by atoms with Crippen LogP contribution in [-0.2, 0) is 6.54 Å². The van der Waals surface area contributed by atoms with E-state index in [2.05, 4.69) is 10.6 Å². The summed E-state index contributed by atoms with van der Waals surface area (Å²) in [5.41, 5.74) is 4.51. The van der Waals surface area contributed by atoms with Crippen LogP contribution in [-0.4, -0.2) is 19.0 Å². The van der Waals surface area contributed by atoms with Gasteiger partial charge in [0.2, 0.25) is 0 Å². The zero-order valence-corrected chi connectivity index (χ0v) is 17.2. The molecule has 0 spiro atoms. The molecule has 1 fully saturated rings.